The average Bonchev–Trinajstić information content (AvgIpc) is 2.80. The Hall–Kier alpha value is -1.89. The molecule has 1 rings (SSSR count). The quantitative estimate of drug-likeness (QED) is 0.584. The van der Waals surface area contributed by atoms with Crippen LogP contribution >= 0.6 is 0 Å². The highest BCUT2D eigenvalue weighted by atomic mass is 16.6. The third kappa shape index (κ3) is 4.06. The van der Waals surface area contributed by atoms with Gasteiger partial charge in [0.25, 0.3) is 11.6 Å². The molecule has 0 saturated carbocycles. The molecule has 3 N–H and O–H groups in total. The largest absolute Gasteiger partial charge is 0.349 e. The van der Waals surface area contributed by atoms with Gasteiger partial charge in [-0.25, -0.2) is 0 Å². The summed E-state index contributed by atoms with van der Waals surface area (Å²) in [5.74, 6) is -0.0743. The normalized spacial score (nSPS) is 12.4. The molecule has 0 aromatic carbocycles. The second-order valence-electron chi connectivity index (χ2n) is 5.15. The molecule has 7 nitrogen and oxygen atoms in total. The zero-order chi connectivity index (χ0) is 15.3. The van der Waals surface area contributed by atoms with Gasteiger partial charge in [-0.3, -0.25) is 14.9 Å². The van der Waals surface area contributed by atoms with Gasteiger partial charge in [0, 0.05) is 25.2 Å². The average molecular weight is 282 g/mol. The van der Waals surface area contributed by atoms with E-state index < -0.39 is 4.92 Å². The monoisotopic (exact) mass is 282 g/mol. The van der Waals surface area contributed by atoms with Crippen LogP contribution < -0.4 is 11.1 Å². The number of aryl methyl sites for hydroxylation is 1. The minimum Gasteiger partial charge on any atom is -0.349 e. The minimum absolute atomic E-state index is 0.0724. The van der Waals surface area contributed by atoms with Crippen LogP contribution in [0.4, 0.5) is 5.69 Å². The Balaban J connectivity index is 2.82. The Morgan fingerprint density at radius 1 is 1.55 bits per heavy atom. The topological polar surface area (TPSA) is 103 Å². The van der Waals surface area contributed by atoms with Gasteiger partial charge in [0.05, 0.1) is 11.1 Å². The molecule has 1 atom stereocenters. The number of amides is 1. The molecule has 1 heterocycles. The van der Waals surface area contributed by atoms with Crippen molar-refractivity contribution in [2.45, 2.75) is 39.8 Å². The first kappa shape index (κ1) is 16.2. The summed E-state index contributed by atoms with van der Waals surface area (Å²) in [6.45, 7) is 6.81. The number of nitrogens with zero attached hydrogens (tertiary/aromatic N) is 2. The summed E-state index contributed by atoms with van der Waals surface area (Å²) in [5, 5.41) is 13.5. The van der Waals surface area contributed by atoms with Gasteiger partial charge >= 0.3 is 0 Å². The third-order valence-electron chi connectivity index (χ3n) is 3.14. The highest BCUT2D eigenvalue weighted by Crippen LogP contribution is 2.17. The maximum Gasteiger partial charge on any atom is 0.287 e. The van der Waals surface area contributed by atoms with Crippen molar-refractivity contribution in [2.75, 3.05) is 6.54 Å². The van der Waals surface area contributed by atoms with Gasteiger partial charge < -0.3 is 15.6 Å². The molecule has 0 bridgehead atoms. The van der Waals surface area contributed by atoms with E-state index in [-0.39, 0.29) is 23.6 Å². The lowest BCUT2D eigenvalue weighted by Crippen LogP contribution is -2.40. The molecule has 1 aromatic heterocycles. The lowest BCUT2D eigenvalue weighted by Gasteiger charge is -2.16. The Kier molecular flexibility index (Phi) is 5.69. The first-order chi connectivity index (χ1) is 9.36. The number of nitro groups is 1. The molecule has 0 fully saturated rings. The molecule has 0 radical (unpaired) electrons. The lowest BCUT2D eigenvalue weighted by molar-refractivity contribution is -0.384. The molecule has 0 aliphatic rings. The van der Waals surface area contributed by atoms with Gasteiger partial charge in [-0.05, 0) is 12.3 Å². The number of nitrogens with two attached hydrogens (primary N) is 1. The molecule has 1 unspecified atom stereocenters. The van der Waals surface area contributed by atoms with Crippen LogP contribution in [0.25, 0.3) is 0 Å². The fourth-order valence-electron chi connectivity index (χ4n) is 1.75. The van der Waals surface area contributed by atoms with Crippen molar-refractivity contribution in [3.8, 4) is 0 Å². The van der Waals surface area contributed by atoms with Crippen LogP contribution in [-0.4, -0.2) is 28.0 Å². The summed E-state index contributed by atoms with van der Waals surface area (Å²) >= 11 is 0. The van der Waals surface area contributed by atoms with Gasteiger partial charge in [0.15, 0.2) is 0 Å². The van der Waals surface area contributed by atoms with Crippen LogP contribution in [0.5, 0.6) is 0 Å². The first-order valence-electron chi connectivity index (χ1n) is 6.75. The van der Waals surface area contributed by atoms with Crippen LogP contribution in [-0.2, 0) is 6.54 Å². The van der Waals surface area contributed by atoms with Crippen molar-refractivity contribution < 1.29 is 9.72 Å². The number of carbonyl (C=O) groups is 1. The first-order valence-corrected chi connectivity index (χ1v) is 6.75. The number of hydrogen-bond donors (Lipinski definition) is 2. The molecule has 1 amide bonds. The van der Waals surface area contributed by atoms with Crippen molar-refractivity contribution in [2.24, 2.45) is 11.7 Å². The Morgan fingerprint density at radius 2 is 2.20 bits per heavy atom. The summed E-state index contributed by atoms with van der Waals surface area (Å²) in [7, 11) is 0. The fourth-order valence-corrected chi connectivity index (χ4v) is 1.75. The Bertz CT molecular complexity index is 482. The summed E-state index contributed by atoms with van der Waals surface area (Å²) in [6, 6.07) is 1.16. The van der Waals surface area contributed by atoms with Crippen LogP contribution in [0.15, 0.2) is 12.3 Å². The highest BCUT2D eigenvalue weighted by Gasteiger charge is 2.19. The molecule has 112 valence electrons. The van der Waals surface area contributed by atoms with Crippen molar-refractivity contribution in [3.63, 3.8) is 0 Å². The number of rotatable bonds is 7. The van der Waals surface area contributed by atoms with E-state index in [1.807, 2.05) is 20.8 Å². The molecule has 0 saturated heterocycles. The smallest absolute Gasteiger partial charge is 0.287 e. The van der Waals surface area contributed by atoms with Gasteiger partial charge in [0.2, 0.25) is 0 Å². The van der Waals surface area contributed by atoms with Crippen molar-refractivity contribution in [1.29, 1.82) is 0 Å². The summed E-state index contributed by atoms with van der Waals surface area (Å²) in [6.07, 6.45) is 2.18. The summed E-state index contributed by atoms with van der Waals surface area (Å²) in [4.78, 5) is 22.4. The van der Waals surface area contributed by atoms with E-state index in [0.29, 0.717) is 18.8 Å². The van der Waals surface area contributed by atoms with Crippen LogP contribution in [0, 0.1) is 16.0 Å². The lowest BCUT2D eigenvalue weighted by atomic mass is 10.1. The summed E-state index contributed by atoms with van der Waals surface area (Å²) in [5.41, 5.74) is 6.09. The second kappa shape index (κ2) is 7.04. The third-order valence-corrected chi connectivity index (χ3v) is 3.14. The molecule has 1 aromatic rings. The molecular weight excluding hydrogens is 260 g/mol. The van der Waals surface area contributed by atoms with Crippen molar-refractivity contribution >= 4 is 11.6 Å². The van der Waals surface area contributed by atoms with E-state index in [9.17, 15) is 14.9 Å². The van der Waals surface area contributed by atoms with E-state index in [1.54, 1.807) is 4.57 Å². The molecule has 0 spiro atoms. The van der Waals surface area contributed by atoms with Crippen LogP contribution in [0.2, 0.25) is 0 Å². The predicted molar refractivity (Wildman–Crippen MR) is 76.5 cm³/mol. The Labute approximate surface area is 118 Å². The number of aromatic nitrogens is 1. The van der Waals surface area contributed by atoms with E-state index in [0.717, 1.165) is 6.42 Å². The minimum atomic E-state index is -0.497. The number of carbonyl (C=O) groups excluding carboxylic acids is 1. The molecule has 7 heteroatoms. The van der Waals surface area contributed by atoms with E-state index >= 15 is 0 Å². The standard InChI is InChI=1S/C13H22N4O3/c1-4-5-16-8-10(17(19)20)6-12(16)13(18)15-7-11(14)9(2)3/h6,8-9,11H,4-5,7,14H2,1-3H3,(H,15,18). The zero-order valence-corrected chi connectivity index (χ0v) is 12.1. The van der Waals surface area contributed by atoms with E-state index in [4.69, 9.17) is 5.73 Å². The molecular formula is C13H22N4O3. The van der Waals surface area contributed by atoms with Gasteiger partial charge in [-0.1, -0.05) is 20.8 Å². The number of nitrogens with one attached hydrogen (secondary N) is 1. The number of hydrogen-bond acceptors (Lipinski definition) is 4. The maximum absolute atomic E-state index is 12.1. The predicted octanol–water partition coefficient (Wildman–Crippen LogP) is 1.52. The zero-order valence-electron chi connectivity index (χ0n) is 12.1. The molecule has 0 aliphatic carbocycles. The van der Waals surface area contributed by atoms with Crippen LogP contribution in [0.1, 0.15) is 37.7 Å². The maximum atomic E-state index is 12.1. The van der Waals surface area contributed by atoms with Crippen molar-refractivity contribution in [1.82, 2.24) is 9.88 Å². The van der Waals surface area contributed by atoms with Gasteiger partial charge in [-0.2, -0.15) is 0 Å². The van der Waals surface area contributed by atoms with Gasteiger partial charge in [0.1, 0.15) is 5.69 Å². The van der Waals surface area contributed by atoms with E-state index in [1.165, 1.54) is 12.3 Å². The summed E-state index contributed by atoms with van der Waals surface area (Å²) < 4.78 is 1.61. The SMILES string of the molecule is CCCn1cc([N+](=O)[O-])cc1C(=O)NCC(N)C(C)C. The Morgan fingerprint density at radius 3 is 2.70 bits per heavy atom. The second-order valence-corrected chi connectivity index (χ2v) is 5.15. The highest BCUT2D eigenvalue weighted by molar-refractivity contribution is 5.93. The van der Waals surface area contributed by atoms with Crippen molar-refractivity contribution in [3.05, 3.63) is 28.1 Å². The molecule has 20 heavy (non-hydrogen) atoms. The fraction of sp³-hybridized carbons (Fsp3) is 0.615. The molecule has 0 aliphatic heterocycles. The van der Waals surface area contributed by atoms with Gasteiger partial charge in [-0.15, -0.1) is 0 Å². The van der Waals surface area contributed by atoms with E-state index in [2.05, 4.69) is 5.32 Å². The van der Waals surface area contributed by atoms with Crippen LogP contribution in [0.3, 0.4) is 0 Å².